The van der Waals surface area contributed by atoms with E-state index < -0.39 is 0 Å². The average Bonchev–Trinajstić information content (AvgIpc) is 3.64. The van der Waals surface area contributed by atoms with Crippen molar-refractivity contribution in [2.45, 2.75) is 168 Å². The second kappa shape index (κ2) is 14.2. The van der Waals surface area contributed by atoms with Crippen molar-refractivity contribution in [2.75, 3.05) is 10.2 Å². The zero-order chi connectivity index (χ0) is 46.7. The molecule has 0 atom stereocenters. The summed E-state index contributed by atoms with van der Waals surface area (Å²) in [6.07, 6.45) is 7.06. The molecule has 0 saturated carbocycles. The summed E-state index contributed by atoms with van der Waals surface area (Å²) in [4.78, 5) is 2.59. The first kappa shape index (κ1) is 43.4. The van der Waals surface area contributed by atoms with Gasteiger partial charge in [-0.05, 0) is 200 Å². The number of nitrogens with zero attached hydrogens (tertiary/aromatic N) is 1. The fourth-order valence-corrected chi connectivity index (χ4v) is 12.7. The van der Waals surface area contributed by atoms with E-state index in [4.69, 9.17) is 4.42 Å². The summed E-state index contributed by atoms with van der Waals surface area (Å²) in [7, 11) is 2.46. The first-order valence-corrected chi connectivity index (χ1v) is 25.0. The number of benzene rings is 6. The van der Waals surface area contributed by atoms with Crippen LogP contribution in [0.25, 0.3) is 33.1 Å². The molecule has 3 nitrogen and oxygen atoms in total. The summed E-state index contributed by atoms with van der Waals surface area (Å²) in [6, 6.07) is 35.5. The zero-order valence-electron chi connectivity index (χ0n) is 42.3. The number of rotatable bonds is 4. The van der Waals surface area contributed by atoms with E-state index in [9.17, 15) is 0 Å². The Morgan fingerprint density at radius 1 is 0.470 bits per heavy atom. The minimum Gasteiger partial charge on any atom is -0.457 e. The maximum absolute atomic E-state index is 6.93. The van der Waals surface area contributed by atoms with Crippen LogP contribution in [0, 0.1) is 13.8 Å². The number of furan rings is 1. The minimum absolute atomic E-state index is 0.0348. The molecule has 7 aromatic rings. The molecule has 1 aliphatic heterocycles. The van der Waals surface area contributed by atoms with Crippen LogP contribution in [0.4, 0.5) is 28.4 Å². The molecule has 3 aliphatic carbocycles. The number of para-hydroxylation sites is 1. The largest absolute Gasteiger partial charge is 0.457 e. The van der Waals surface area contributed by atoms with Crippen LogP contribution in [-0.4, -0.2) is 7.28 Å². The normalized spacial score (nSPS) is 20.1. The lowest BCUT2D eigenvalue weighted by atomic mass is 9.57. The quantitative estimate of drug-likeness (QED) is 0.179. The van der Waals surface area contributed by atoms with Gasteiger partial charge < -0.3 is 14.6 Å². The zero-order valence-corrected chi connectivity index (χ0v) is 42.3. The van der Waals surface area contributed by atoms with Gasteiger partial charge in [0.2, 0.25) is 7.28 Å². The van der Waals surface area contributed by atoms with E-state index in [-0.39, 0.29) is 32.5 Å². The van der Waals surface area contributed by atoms with E-state index in [2.05, 4.69) is 205 Å². The van der Waals surface area contributed by atoms with Crippen LogP contribution in [0.2, 0.25) is 0 Å². The second-order valence-corrected chi connectivity index (χ2v) is 25.0. The Hall–Kier alpha value is -5.22. The van der Waals surface area contributed by atoms with Gasteiger partial charge in [-0.15, -0.1) is 0 Å². The van der Waals surface area contributed by atoms with Crippen molar-refractivity contribution in [1.82, 2.24) is 0 Å². The van der Waals surface area contributed by atoms with E-state index in [0.717, 1.165) is 51.6 Å². The topological polar surface area (TPSA) is 28.4 Å². The molecule has 0 unspecified atom stereocenters. The fraction of sp³-hybridized carbons (Fsp3) is 0.419. The highest BCUT2D eigenvalue weighted by atomic mass is 16.3. The van der Waals surface area contributed by atoms with Gasteiger partial charge in [0.1, 0.15) is 11.2 Å². The van der Waals surface area contributed by atoms with Crippen LogP contribution in [0.5, 0.6) is 0 Å². The third-order valence-electron chi connectivity index (χ3n) is 17.5. The third-order valence-corrected chi connectivity index (χ3v) is 17.5. The van der Waals surface area contributed by atoms with Gasteiger partial charge in [-0.3, -0.25) is 0 Å². The van der Waals surface area contributed by atoms with Gasteiger partial charge >= 0.3 is 0 Å². The fourth-order valence-electron chi connectivity index (χ4n) is 12.7. The molecule has 11 rings (SSSR count). The van der Waals surface area contributed by atoms with Gasteiger partial charge in [-0.25, -0.2) is 0 Å². The van der Waals surface area contributed by atoms with Gasteiger partial charge in [0.25, 0.3) is 0 Å². The summed E-state index contributed by atoms with van der Waals surface area (Å²) < 4.78 is 6.93. The number of aryl methyl sites for hydroxylation is 2. The molecular formula is C62H70BN2O. The smallest absolute Gasteiger partial charge is 0.202 e. The predicted molar refractivity (Wildman–Crippen MR) is 284 cm³/mol. The van der Waals surface area contributed by atoms with Crippen molar-refractivity contribution < 1.29 is 4.42 Å². The highest BCUT2D eigenvalue weighted by molar-refractivity contribution is 6.75. The minimum atomic E-state index is 0.0348. The Labute approximate surface area is 396 Å². The number of nitrogens with one attached hydrogen (secondary N) is 1. The van der Waals surface area contributed by atoms with Gasteiger partial charge in [0, 0.05) is 44.8 Å². The summed E-state index contributed by atoms with van der Waals surface area (Å²) in [6.45, 7) is 33.9. The molecule has 0 amide bonds. The van der Waals surface area contributed by atoms with E-state index in [1.807, 2.05) is 0 Å². The van der Waals surface area contributed by atoms with Gasteiger partial charge in [0.15, 0.2) is 0 Å². The van der Waals surface area contributed by atoms with Crippen LogP contribution in [0.3, 0.4) is 0 Å². The summed E-state index contributed by atoms with van der Waals surface area (Å²) in [5, 5.41) is 6.46. The maximum Gasteiger partial charge on any atom is 0.202 e. The van der Waals surface area contributed by atoms with Crippen LogP contribution in [-0.2, 0) is 32.5 Å². The van der Waals surface area contributed by atoms with Crippen LogP contribution in [0.1, 0.15) is 166 Å². The number of fused-ring (bicyclic) bond motifs is 9. The molecule has 337 valence electrons. The number of hydrogen-bond donors (Lipinski definition) is 1. The molecule has 1 N–H and O–H groups in total. The molecule has 0 bridgehead atoms. The first-order valence-electron chi connectivity index (χ1n) is 25.0. The lowest BCUT2D eigenvalue weighted by molar-refractivity contribution is 0.332. The molecule has 6 aromatic carbocycles. The molecule has 0 fully saturated rings. The molecule has 1 aromatic heterocycles. The van der Waals surface area contributed by atoms with E-state index >= 15 is 0 Å². The number of hydrogen-bond acceptors (Lipinski definition) is 3. The highest BCUT2D eigenvalue weighted by Gasteiger charge is 2.42. The van der Waals surface area contributed by atoms with E-state index in [1.54, 1.807) is 0 Å². The molecule has 2 heterocycles. The van der Waals surface area contributed by atoms with Gasteiger partial charge in [0.05, 0.1) is 0 Å². The third kappa shape index (κ3) is 6.57. The van der Waals surface area contributed by atoms with Crippen LogP contribution < -0.4 is 21.1 Å². The molecule has 66 heavy (non-hydrogen) atoms. The Bertz CT molecular complexity index is 3190. The molecular weight excluding hydrogens is 800 g/mol. The Morgan fingerprint density at radius 2 is 1.03 bits per heavy atom. The summed E-state index contributed by atoms with van der Waals surface area (Å²) in [5.41, 5.74) is 24.6. The van der Waals surface area contributed by atoms with Crippen molar-refractivity contribution >= 4 is 68.6 Å². The number of anilines is 5. The second-order valence-electron chi connectivity index (χ2n) is 25.0. The molecule has 4 heteroatoms. The predicted octanol–water partition coefficient (Wildman–Crippen LogP) is 16.1. The molecule has 0 spiro atoms. The van der Waals surface area contributed by atoms with Crippen molar-refractivity contribution in [2.24, 2.45) is 0 Å². The van der Waals surface area contributed by atoms with Crippen molar-refractivity contribution in [3.05, 3.63) is 136 Å². The van der Waals surface area contributed by atoms with Gasteiger partial charge in [-0.1, -0.05) is 119 Å². The van der Waals surface area contributed by atoms with Crippen molar-refractivity contribution in [3.8, 4) is 11.1 Å². The van der Waals surface area contributed by atoms with Crippen LogP contribution in [0.15, 0.2) is 95.4 Å². The molecule has 4 aliphatic rings. The van der Waals surface area contributed by atoms with Gasteiger partial charge in [-0.2, -0.15) is 0 Å². The molecule has 1 radical (unpaired) electrons. The standard InChI is InChI=1S/C62H70BN2O/c1-36-29-42(41-33-46-47(61(11,12)27-26-60(46,9)10)34-49(41)64-38-19-21-43-45(32-38)59(7,8)24-23-57(43,3)4)54-52(30-36)65(51-35-48-44(31-37(51)2)58(5,6)25-28-62(48,13)14)50-22-20-40-39-17-15-16-18-53(39)66-56(40)55(50)63-54/h15-22,29-35,64H,23-28H2,1-14H3. The maximum atomic E-state index is 6.93. The summed E-state index contributed by atoms with van der Waals surface area (Å²) in [5.74, 6) is 0. The Kier molecular flexibility index (Phi) is 9.30. The SMILES string of the molecule is Cc1cc(-c2cc3c(cc2Nc2ccc4c(c2)C(C)(C)CCC4(C)C)C(C)(C)CCC3(C)C)c2c(c1)N(c1cc3c(cc1C)C(C)(C)CCC3(C)C)c1ccc3c(oc4ccccc43)c1[B]2. The summed E-state index contributed by atoms with van der Waals surface area (Å²) >= 11 is 0. The van der Waals surface area contributed by atoms with Crippen LogP contribution >= 0.6 is 0 Å². The lowest BCUT2D eigenvalue weighted by Crippen LogP contribution is -2.42. The monoisotopic (exact) mass is 870 g/mol. The molecule has 0 saturated heterocycles. The Balaban J connectivity index is 1.19. The Morgan fingerprint density at radius 3 is 1.68 bits per heavy atom. The lowest BCUT2D eigenvalue weighted by Gasteiger charge is -2.44. The van der Waals surface area contributed by atoms with Crippen molar-refractivity contribution in [1.29, 1.82) is 0 Å². The van der Waals surface area contributed by atoms with E-state index in [0.29, 0.717) is 0 Å². The van der Waals surface area contributed by atoms with Crippen molar-refractivity contribution in [3.63, 3.8) is 0 Å². The average molecular weight is 870 g/mol. The highest BCUT2D eigenvalue weighted by Crippen LogP contribution is 2.53. The first-order chi connectivity index (χ1) is 31.0. The van der Waals surface area contributed by atoms with E-state index in [1.165, 1.54) is 104 Å².